The topological polar surface area (TPSA) is 88.0 Å². The third-order valence-corrected chi connectivity index (χ3v) is 4.62. The van der Waals surface area contributed by atoms with Crippen LogP contribution in [-0.4, -0.2) is 30.2 Å². The van der Waals surface area contributed by atoms with Gasteiger partial charge in [-0.15, -0.1) is 0 Å². The number of anilines is 1. The van der Waals surface area contributed by atoms with Gasteiger partial charge >= 0.3 is 0 Å². The first kappa shape index (κ1) is 14.0. The van der Waals surface area contributed by atoms with Gasteiger partial charge in [-0.05, 0) is 0 Å². The molecule has 0 saturated carbocycles. The molecule has 2 aliphatic rings. The Labute approximate surface area is 132 Å². The van der Waals surface area contributed by atoms with Gasteiger partial charge in [0.2, 0.25) is 17.1 Å². The maximum Gasteiger partial charge on any atom is 0.210 e. The molecule has 0 spiro atoms. The summed E-state index contributed by atoms with van der Waals surface area (Å²) < 4.78 is 10.5. The summed E-state index contributed by atoms with van der Waals surface area (Å²) in [6, 6.07) is 9.79. The van der Waals surface area contributed by atoms with E-state index in [9.17, 15) is 15.0 Å². The van der Waals surface area contributed by atoms with Crippen molar-refractivity contribution in [3.63, 3.8) is 0 Å². The van der Waals surface area contributed by atoms with Gasteiger partial charge in [0.25, 0.3) is 0 Å². The first-order valence-corrected chi connectivity index (χ1v) is 7.11. The molecular formula is C17H15NO5. The molecule has 6 nitrogen and oxygen atoms in total. The van der Waals surface area contributed by atoms with E-state index in [0.717, 1.165) is 0 Å². The lowest BCUT2D eigenvalue weighted by Gasteiger charge is -2.31. The minimum Gasteiger partial charge on any atom is -0.497 e. The van der Waals surface area contributed by atoms with E-state index in [0.29, 0.717) is 17.0 Å². The van der Waals surface area contributed by atoms with Crippen LogP contribution < -0.4 is 14.8 Å². The molecule has 4 rings (SSSR count). The van der Waals surface area contributed by atoms with Crippen molar-refractivity contribution in [1.29, 1.82) is 0 Å². The van der Waals surface area contributed by atoms with Crippen molar-refractivity contribution in [3.05, 3.63) is 53.1 Å². The highest BCUT2D eigenvalue weighted by atomic mass is 16.5. The van der Waals surface area contributed by atoms with E-state index in [2.05, 4.69) is 5.32 Å². The van der Waals surface area contributed by atoms with Crippen LogP contribution in [0, 0.1) is 0 Å². The average molecular weight is 313 g/mol. The molecule has 1 aliphatic heterocycles. The Morgan fingerprint density at radius 3 is 2.52 bits per heavy atom. The summed E-state index contributed by atoms with van der Waals surface area (Å²) >= 11 is 0. The number of ether oxygens (including phenoxy) is 2. The average Bonchev–Trinajstić information content (AvgIpc) is 2.90. The summed E-state index contributed by atoms with van der Waals surface area (Å²) in [5.74, 6) is 0.192. The van der Waals surface area contributed by atoms with Gasteiger partial charge in [0.1, 0.15) is 11.5 Å². The molecule has 23 heavy (non-hydrogen) atoms. The Morgan fingerprint density at radius 2 is 1.83 bits per heavy atom. The number of carbonyl (C=O) groups is 1. The lowest BCUT2D eigenvalue weighted by atomic mass is 9.86. The first-order valence-electron chi connectivity index (χ1n) is 7.11. The number of methoxy groups -OCH3 is 2. The van der Waals surface area contributed by atoms with Gasteiger partial charge in [0, 0.05) is 23.3 Å². The highest BCUT2D eigenvalue weighted by Gasteiger charge is 2.69. The van der Waals surface area contributed by atoms with Crippen LogP contribution in [-0.2, 0) is 11.3 Å². The van der Waals surface area contributed by atoms with Crippen LogP contribution in [0.15, 0.2) is 36.4 Å². The van der Waals surface area contributed by atoms with Crippen LogP contribution in [0.1, 0.15) is 21.5 Å². The smallest absolute Gasteiger partial charge is 0.210 e. The second-order valence-corrected chi connectivity index (χ2v) is 5.67. The normalized spacial score (nSPS) is 27.0. The maximum absolute atomic E-state index is 12.9. The minimum absolute atomic E-state index is 0.213. The van der Waals surface area contributed by atoms with E-state index in [4.69, 9.17) is 9.47 Å². The molecule has 2 aromatic rings. The molecule has 118 valence electrons. The van der Waals surface area contributed by atoms with Gasteiger partial charge in [-0.1, -0.05) is 24.3 Å². The van der Waals surface area contributed by atoms with Crippen molar-refractivity contribution in [2.75, 3.05) is 19.5 Å². The van der Waals surface area contributed by atoms with Crippen LogP contribution in [0.3, 0.4) is 0 Å². The zero-order valence-corrected chi connectivity index (χ0v) is 12.6. The second-order valence-electron chi connectivity index (χ2n) is 5.67. The van der Waals surface area contributed by atoms with Gasteiger partial charge in [-0.2, -0.15) is 0 Å². The summed E-state index contributed by atoms with van der Waals surface area (Å²) in [6.45, 7) is 0. The van der Waals surface area contributed by atoms with Crippen molar-refractivity contribution in [1.82, 2.24) is 0 Å². The molecule has 0 fully saturated rings. The quantitative estimate of drug-likeness (QED) is 0.776. The number of fused-ring (bicyclic) bond motifs is 5. The van der Waals surface area contributed by atoms with Crippen molar-refractivity contribution < 1.29 is 24.5 Å². The van der Waals surface area contributed by atoms with Gasteiger partial charge in [0.15, 0.2) is 0 Å². The molecule has 2 aromatic carbocycles. The Kier molecular flexibility index (Phi) is 2.59. The van der Waals surface area contributed by atoms with Crippen LogP contribution in [0.4, 0.5) is 5.69 Å². The van der Waals surface area contributed by atoms with Crippen molar-refractivity contribution in [2.45, 2.75) is 11.3 Å². The standard InChI is InChI=1S/C17H15NO5/c1-22-9-7-12-14(13(8-9)23-2)16(20)15(19)10-5-3-4-6-11(10)17(16,21)18-12/h3-8,18,20-21H,1-2H3/t16-,17+/m0/s1. The van der Waals surface area contributed by atoms with Crippen molar-refractivity contribution in [2.24, 2.45) is 0 Å². The minimum atomic E-state index is -2.15. The highest BCUT2D eigenvalue weighted by Crippen LogP contribution is 2.59. The summed E-state index contributed by atoms with van der Waals surface area (Å²) in [5, 5.41) is 25.2. The Bertz CT molecular complexity index is 849. The molecule has 0 aromatic heterocycles. The summed E-state index contributed by atoms with van der Waals surface area (Å²) in [5.41, 5.74) is -2.86. The number of carbonyl (C=O) groups excluding carboxylic acids is 1. The number of hydrogen-bond donors (Lipinski definition) is 3. The number of benzene rings is 2. The molecule has 3 N–H and O–H groups in total. The van der Waals surface area contributed by atoms with E-state index >= 15 is 0 Å². The van der Waals surface area contributed by atoms with Gasteiger partial charge in [-0.3, -0.25) is 4.79 Å². The monoisotopic (exact) mass is 313 g/mol. The highest BCUT2D eigenvalue weighted by molar-refractivity contribution is 6.12. The molecule has 1 heterocycles. The van der Waals surface area contributed by atoms with Crippen LogP contribution in [0.5, 0.6) is 11.5 Å². The Morgan fingerprint density at radius 1 is 1.09 bits per heavy atom. The Balaban J connectivity index is 2.04. The lowest BCUT2D eigenvalue weighted by Crippen LogP contribution is -2.49. The maximum atomic E-state index is 12.9. The zero-order chi connectivity index (χ0) is 16.4. The van der Waals surface area contributed by atoms with E-state index in [1.165, 1.54) is 14.2 Å². The summed E-state index contributed by atoms with van der Waals surface area (Å²) in [4.78, 5) is 12.9. The summed E-state index contributed by atoms with van der Waals surface area (Å²) in [7, 11) is 2.93. The molecule has 2 atom stereocenters. The molecular weight excluding hydrogens is 298 g/mol. The van der Waals surface area contributed by atoms with Gasteiger partial charge in [-0.25, -0.2) is 0 Å². The van der Waals surface area contributed by atoms with Crippen LogP contribution in [0.25, 0.3) is 0 Å². The van der Waals surface area contributed by atoms with Gasteiger partial charge in [0.05, 0.1) is 25.5 Å². The van der Waals surface area contributed by atoms with Crippen LogP contribution in [0.2, 0.25) is 0 Å². The number of nitrogens with one attached hydrogen (secondary N) is 1. The largest absolute Gasteiger partial charge is 0.497 e. The molecule has 0 amide bonds. The predicted octanol–water partition coefficient (Wildman–Crippen LogP) is 1.36. The molecule has 0 saturated heterocycles. The fourth-order valence-corrected chi connectivity index (χ4v) is 3.54. The number of Topliss-reactive ketones (excluding diaryl/α,β-unsaturated/α-hetero) is 1. The molecule has 6 heteroatoms. The molecule has 0 radical (unpaired) electrons. The molecule has 0 unspecified atom stereocenters. The summed E-state index contributed by atoms with van der Waals surface area (Å²) in [6.07, 6.45) is 0. The SMILES string of the molecule is COc1cc2c(c(OC)c1)[C@]1(O)C(=O)c3ccccc3[C@]1(O)N2. The fraction of sp³-hybridized carbons (Fsp3) is 0.235. The third kappa shape index (κ3) is 1.42. The molecule has 0 bridgehead atoms. The Hall–Kier alpha value is -2.57. The van der Waals surface area contributed by atoms with Crippen LogP contribution >= 0.6 is 0 Å². The fourth-order valence-electron chi connectivity index (χ4n) is 3.54. The van der Waals surface area contributed by atoms with E-state index in [1.54, 1.807) is 36.4 Å². The number of hydrogen-bond acceptors (Lipinski definition) is 6. The van der Waals surface area contributed by atoms with E-state index < -0.39 is 17.1 Å². The number of rotatable bonds is 2. The van der Waals surface area contributed by atoms with Crippen molar-refractivity contribution in [3.8, 4) is 11.5 Å². The van der Waals surface area contributed by atoms with E-state index in [1.807, 2.05) is 0 Å². The predicted molar refractivity (Wildman–Crippen MR) is 81.7 cm³/mol. The van der Waals surface area contributed by atoms with Gasteiger partial charge < -0.3 is 25.0 Å². The third-order valence-electron chi connectivity index (χ3n) is 4.62. The van der Waals surface area contributed by atoms with Crippen molar-refractivity contribution >= 4 is 11.5 Å². The first-order chi connectivity index (χ1) is 11.0. The number of ketones is 1. The molecule has 1 aliphatic carbocycles. The zero-order valence-electron chi connectivity index (χ0n) is 12.6. The second kappa shape index (κ2) is 4.24. The number of aliphatic hydroxyl groups is 2. The lowest BCUT2D eigenvalue weighted by molar-refractivity contribution is -0.101. The van der Waals surface area contributed by atoms with E-state index in [-0.39, 0.29) is 16.9 Å².